The normalized spacial score (nSPS) is 23.8. The fraction of sp³-hybridized carbons (Fsp3) is 0.524. The van der Waals surface area contributed by atoms with Gasteiger partial charge in [-0.1, -0.05) is 0 Å². The van der Waals surface area contributed by atoms with E-state index in [1.807, 2.05) is 4.90 Å². The van der Waals surface area contributed by atoms with Gasteiger partial charge in [0.2, 0.25) is 5.91 Å². The second kappa shape index (κ2) is 7.12. The maximum atomic E-state index is 13.6. The highest BCUT2D eigenvalue weighted by molar-refractivity contribution is 5.87. The molecule has 3 aromatic rings. The SMILES string of the molecule is O=C(N1C2CCC1CN(c1ncnn3cc(-c4cnn(C(F)F)c4)cc13)C2)C1(C(F)(F)F)CC1. The van der Waals surface area contributed by atoms with Gasteiger partial charge in [0.15, 0.2) is 5.82 Å². The standard InChI is InChI=1S/C21H20F5N7O/c22-19(23)32-8-13(6-28-32)12-5-16-17(27-11-29-31(16)7-12)30-9-14-1-2-15(10-30)33(14)18(34)20(3-4-20)21(24,25)26/h5-8,11,14-15,19H,1-4,9-10H2. The number of alkyl halides is 5. The minimum Gasteiger partial charge on any atom is -0.351 e. The lowest BCUT2D eigenvalue weighted by molar-refractivity contribution is -0.200. The third kappa shape index (κ3) is 3.08. The lowest BCUT2D eigenvalue weighted by atomic mass is 10.0. The van der Waals surface area contributed by atoms with E-state index in [1.54, 1.807) is 16.8 Å². The van der Waals surface area contributed by atoms with E-state index in [-0.39, 0.29) is 24.9 Å². The third-order valence-corrected chi connectivity index (χ3v) is 7.24. The van der Waals surface area contributed by atoms with E-state index in [9.17, 15) is 26.7 Å². The minimum absolute atomic E-state index is 0.142. The molecule has 34 heavy (non-hydrogen) atoms. The van der Waals surface area contributed by atoms with Gasteiger partial charge in [0, 0.05) is 48.7 Å². The van der Waals surface area contributed by atoms with Crippen molar-refractivity contribution in [2.45, 2.75) is 50.5 Å². The monoisotopic (exact) mass is 481 g/mol. The summed E-state index contributed by atoms with van der Waals surface area (Å²) in [6.45, 7) is -2.01. The Morgan fingerprint density at radius 2 is 1.76 bits per heavy atom. The first kappa shape index (κ1) is 21.3. The van der Waals surface area contributed by atoms with Crippen molar-refractivity contribution in [2.24, 2.45) is 5.41 Å². The Bertz CT molecular complexity index is 1250. The van der Waals surface area contributed by atoms with Crippen molar-refractivity contribution in [3.05, 3.63) is 31.0 Å². The summed E-state index contributed by atoms with van der Waals surface area (Å²) in [5.74, 6) is -0.204. The van der Waals surface area contributed by atoms with E-state index < -0.39 is 24.0 Å². The molecule has 6 rings (SSSR count). The topological polar surface area (TPSA) is 71.6 Å². The number of fused-ring (bicyclic) bond motifs is 3. The quantitative estimate of drug-likeness (QED) is 0.534. The van der Waals surface area contributed by atoms with Gasteiger partial charge < -0.3 is 9.80 Å². The van der Waals surface area contributed by atoms with Crippen molar-refractivity contribution < 1.29 is 26.7 Å². The highest BCUT2D eigenvalue weighted by Crippen LogP contribution is 2.59. The molecule has 2 aliphatic heterocycles. The van der Waals surface area contributed by atoms with E-state index in [4.69, 9.17) is 0 Å². The number of piperazine rings is 1. The molecule has 3 fully saturated rings. The number of amides is 1. The summed E-state index contributed by atoms with van der Waals surface area (Å²) in [4.78, 5) is 20.8. The second-order valence-electron chi connectivity index (χ2n) is 9.21. The Kier molecular flexibility index (Phi) is 4.46. The first-order chi connectivity index (χ1) is 16.2. The number of hydrogen-bond donors (Lipinski definition) is 0. The molecule has 1 aliphatic carbocycles. The van der Waals surface area contributed by atoms with Gasteiger partial charge in [-0.25, -0.2) is 14.2 Å². The van der Waals surface area contributed by atoms with Gasteiger partial charge in [0.25, 0.3) is 0 Å². The van der Waals surface area contributed by atoms with Crippen LogP contribution in [-0.2, 0) is 4.79 Å². The maximum absolute atomic E-state index is 13.6. The molecule has 2 atom stereocenters. The Morgan fingerprint density at radius 1 is 1.06 bits per heavy atom. The Labute approximate surface area is 189 Å². The molecule has 1 amide bonds. The van der Waals surface area contributed by atoms with Crippen molar-refractivity contribution in [3.8, 4) is 11.1 Å². The number of carbonyl (C=O) groups is 1. The van der Waals surface area contributed by atoms with Crippen molar-refractivity contribution in [2.75, 3.05) is 18.0 Å². The number of hydrogen-bond acceptors (Lipinski definition) is 5. The molecule has 2 unspecified atom stereocenters. The van der Waals surface area contributed by atoms with Crippen LogP contribution in [0.4, 0.5) is 27.8 Å². The Hall–Kier alpha value is -3.25. The molecule has 0 N–H and O–H groups in total. The van der Waals surface area contributed by atoms with Crippen molar-refractivity contribution in [3.63, 3.8) is 0 Å². The van der Waals surface area contributed by atoms with Crippen LogP contribution in [0.1, 0.15) is 32.2 Å². The van der Waals surface area contributed by atoms with E-state index in [2.05, 4.69) is 15.2 Å². The van der Waals surface area contributed by atoms with Crippen LogP contribution in [0.2, 0.25) is 0 Å². The van der Waals surface area contributed by atoms with Gasteiger partial charge in [0.1, 0.15) is 17.3 Å². The summed E-state index contributed by atoms with van der Waals surface area (Å²) in [6.07, 6.45) is 2.10. The summed E-state index contributed by atoms with van der Waals surface area (Å²) in [6, 6.07) is 1.13. The highest BCUT2D eigenvalue weighted by atomic mass is 19.4. The molecule has 5 heterocycles. The van der Waals surface area contributed by atoms with E-state index in [0.717, 1.165) is 0 Å². The van der Waals surface area contributed by atoms with Crippen LogP contribution in [0.15, 0.2) is 31.0 Å². The van der Waals surface area contributed by atoms with Crippen LogP contribution < -0.4 is 4.90 Å². The molecule has 8 nitrogen and oxygen atoms in total. The summed E-state index contributed by atoms with van der Waals surface area (Å²) in [5, 5.41) is 7.87. The van der Waals surface area contributed by atoms with Crippen LogP contribution in [-0.4, -0.2) is 66.5 Å². The zero-order valence-electron chi connectivity index (χ0n) is 17.8. The van der Waals surface area contributed by atoms with Gasteiger partial charge >= 0.3 is 12.7 Å². The largest absolute Gasteiger partial charge is 0.403 e. The van der Waals surface area contributed by atoms with Crippen molar-refractivity contribution in [1.82, 2.24) is 29.3 Å². The zero-order valence-corrected chi connectivity index (χ0v) is 17.8. The number of rotatable bonds is 4. The molecule has 2 saturated heterocycles. The minimum atomic E-state index is -4.53. The van der Waals surface area contributed by atoms with Crippen molar-refractivity contribution in [1.29, 1.82) is 0 Å². The van der Waals surface area contributed by atoms with Gasteiger partial charge in [0.05, 0.1) is 6.20 Å². The van der Waals surface area contributed by atoms with Gasteiger partial charge in [-0.05, 0) is 31.7 Å². The molecule has 2 bridgehead atoms. The Morgan fingerprint density at radius 3 is 2.35 bits per heavy atom. The maximum Gasteiger partial charge on any atom is 0.403 e. The molecule has 13 heteroatoms. The number of halogens is 5. The average Bonchev–Trinajstić information content (AvgIpc) is 3.16. The third-order valence-electron chi connectivity index (χ3n) is 7.24. The Balaban J connectivity index is 1.28. The van der Waals surface area contributed by atoms with E-state index in [1.165, 1.54) is 23.6 Å². The van der Waals surface area contributed by atoms with Crippen molar-refractivity contribution >= 4 is 17.2 Å². The van der Waals surface area contributed by atoms with Gasteiger partial charge in [-0.2, -0.15) is 32.1 Å². The molecular weight excluding hydrogens is 461 g/mol. The highest BCUT2D eigenvalue weighted by Gasteiger charge is 2.70. The molecular formula is C21H20F5N7O. The number of carbonyl (C=O) groups excluding carboxylic acids is 1. The second-order valence-corrected chi connectivity index (χ2v) is 9.21. The smallest absolute Gasteiger partial charge is 0.351 e. The van der Waals surface area contributed by atoms with Crippen LogP contribution in [0.3, 0.4) is 0 Å². The first-order valence-corrected chi connectivity index (χ1v) is 11.0. The fourth-order valence-electron chi connectivity index (χ4n) is 5.31. The first-order valence-electron chi connectivity index (χ1n) is 11.0. The van der Waals surface area contributed by atoms with Crippen LogP contribution in [0, 0.1) is 5.41 Å². The summed E-state index contributed by atoms with van der Waals surface area (Å²) >= 11 is 0. The molecule has 180 valence electrons. The number of aromatic nitrogens is 5. The predicted octanol–water partition coefficient (Wildman–Crippen LogP) is 3.51. The molecule has 0 aromatic carbocycles. The summed E-state index contributed by atoms with van der Waals surface area (Å²) < 4.78 is 68.6. The molecule has 3 aliphatic rings. The predicted molar refractivity (Wildman–Crippen MR) is 109 cm³/mol. The lowest BCUT2D eigenvalue weighted by Gasteiger charge is -2.43. The molecule has 1 saturated carbocycles. The summed E-state index contributed by atoms with van der Waals surface area (Å²) in [5.41, 5.74) is -0.451. The molecule has 0 spiro atoms. The van der Waals surface area contributed by atoms with E-state index in [0.29, 0.717) is 53.1 Å². The average molecular weight is 481 g/mol. The lowest BCUT2D eigenvalue weighted by Crippen LogP contribution is -2.59. The zero-order chi connectivity index (χ0) is 23.8. The van der Waals surface area contributed by atoms with Gasteiger partial charge in [-0.15, -0.1) is 0 Å². The molecule has 0 radical (unpaired) electrons. The summed E-state index contributed by atoms with van der Waals surface area (Å²) in [7, 11) is 0. The van der Waals surface area contributed by atoms with Crippen LogP contribution >= 0.6 is 0 Å². The van der Waals surface area contributed by atoms with Gasteiger partial charge in [-0.3, -0.25) is 4.79 Å². The fourth-order valence-corrected chi connectivity index (χ4v) is 5.31. The molecule has 3 aromatic heterocycles. The van der Waals surface area contributed by atoms with Crippen LogP contribution in [0.25, 0.3) is 16.6 Å². The van der Waals surface area contributed by atoms with E-state index >= 15 is 0 Å². The van der Waals surface area contributed by atoms with Crippen LogP contribution in [0.5, 0.6) is 0 Å². The number of anilines is 1. The number of nitrogens with zero attached hydrogens (tertiary/aromatic N) is 7.